The Bertz CT molecular complexity index is 343. The van der Waals surface area contributed by atoms with Gasteiger partial charge in [-0.3, -0.25) is 0 Å². The first-order valence-electron chi connectivity index (χ1n) is 7.15. The maximum absolute atomic E-state index is 3.41. The standard InChI is InChI=1S/C16H28N2/c1-6-15(17-5)14-10-8-9-11-16(14)18(7-2)12-13(3)4/h8-11,13,15,17H,6-7,12H2,1-5H3. The minimum Gasteiger partial charge on any atom is -0.371 e. The second-order valence-electron chi connectivity index (χ2n) is 5.24. The highest BCUT2D eigenvalue weighted by Crippen LogP contribution is 2.28. The van der Waals surface area contributed by atoms with Crippen molar-refractivity contribution in [2.75, 3.05) is 25.0 Å². The van der Waals surface area contributed by atoms with Gasteiger partial charge in [0.1, 0.15) is 0 Å². The molecule has 0 saturated heterocycles. The van der Waals surface area contributed by atoms with Crippen molar-refractivity contribution in [3.63, 3.8) is 0 Å². The summed E-state index contributed by atoms with van der Waals surface area (Å²) in [6.07, 6.45) is 1.12. The molecule has 0 amide bonds. The zero-order valence-electron chi connectivity index (χ0n) is 12.5. The lowest BCUT2D eigenvalue weighted by atomic mass is 10.0. The molecule has 2 nitrogen and oxygen atoms in total. The second-order valence-corrected chi connectivity index (χ2v) is 5.24. The van der Waals surface area contributed by atoms with E-state index in [1.54, 1.807) is 0 Å². The number of nitrogens with zero attached hydrogens (tertiary/aromatic N) is 1. The normalized spacial score (nSPS) is 12.8. The summed E-state index contributed by atoms with van der Waals surface area (Å²) in [7, 11) is 2.05. The van der Waals surface area contributed by atoms with Gasteiger partial charge in [-0.25, -0.2) is 0 Å². The predicted molar refractivity (Wildman–Crippen MR) is 81.3 cm³/mol. The monoisotopic (exact) mass is 248 g/mol. The Morgan fingerprint density at radius 1 is 1.17 bits per heavy atom. The number of para-hydroxylation sites is 1. The van der Waals surface area contributed by atoms with Gasteiger partial charge in [-0.2, -0.15) is 0 Å². The average molecular weight is 248 g/mol. The van der Waals surface area contributed by atoms with Crippen molar-refractivity contribution < 1.29 is 0 Å². The highest BCUT2D eigenvalue weighted by Gasteiger charge is 2.15. The van der Waals surface area contributed by atoms with Gasteiger partial charge in [0.25, 0.3) is 0 Å². The molecule has 0 spiro atoms. The lowest BCUT2D eigenvalue weighted by Crippen LogP contribution is -2.29. The van der Waals surface area contributed by atoms with Gasteiger partial charge in [-0.05, 0) is 37.9 Å². The molecule has 1 rings (SSSR count). The molecule has 0 saturated carbocycles. The third-order valence-corrected chi connectivity index (χ3v) is 3.38. The largest absolute Gasteiger partial charge is 0.371 e. The minimum atomic E-state index is 0.447. The SMILES string of the molecule is CCC(NC)c1ccccc1N(CC)CC(C)C. The smallest absolute Gasteiger partial charge is 0.0414 e. The van der Waals surface area contributed by atoms with E-state index in [9.17, 15) is 0 Å². The lowest BCUT2D eigenvalue weighted by Gasteiger charge is -2.29. The fraction of sp³-hybridized carbons (Fsp3) is 0.625. The number of anilines is 1. The highest BCUT2D eigenvalue weighted by molar-refractivity contribution is 5.55. The third-order valence-electron chi connectivity index (χ3n) is 3.38. The summed E-state index contributed by atoms with van der Waals surface area (Å²) in [5.41, 5.74) is 2.81. The fourth-order valence-electron chi connectivity index (χ4n) is 2.49. The molecule has 18 heavy (non-hydrogen) atoms. The predicted octanol–water partition coefficient (Wildman–Crippen LogP) is 3.84. The molecule has 1 unspecified atom stereocenters. The molecule has 1 aromatic rings. The molecular weight excluding hydrogens is 220 g/mol. The number of nitrogens with one attached hydrogen (secondary N) is 1. The van der Waals surface area contributed by atoms with Gasteiger partial charge in [0.15, 0.2) is 0 Å². The highest BCUT2D eigenvalue weighted by atomic mass is 15.1. The van der Waals surface area contributed by atoms with E-state index < -0.39 is 0 Å². The van der Waals surface area contributed by atoms with Gasteiger partial charge in [-0.1, -0.05) is 39.0 Å². The first-order chi connectivity index (χ1) is 8.63. The molecule has 1 atom stereocenters. The van der Waals surface area contributed by atoms with E-state index in [0.29, 0.717) is 12.0 Å². The summed E-state index contributed by atoms with van der Waals surface area (Å²) >= 11 is 0. The molecule has 0 radical (unpaired) electrons. The molecule has 0 bridgehead atoms. The quantitative estimate of drug-likeness (QED) is 0.788. The Balaban J connectivity index is 3.05. The molecule has 102 valence electrons. The van der Waals surface area contributed by atoms with Crippen LogP contribution in [0, 0.1) is 5.92 Å². The zero-order chi connectivity index (χ0) is 13.5. The Labute approximate surface area is 112 Å². The van der Waals surface area contributed by atoms with Gasteiger partial charge < -0.3 is 10.2 Å². The van der Waals surface area contributed by atoms with Gasteiger partial charge in [0.2, 0.25) is 0 Å². The number of hydrogen-bond donors (Lipinski definition) is 1. The molecule has 0 aliphatic rings. The van der Waals surface area contributed by atoms with Crippen LogP contribution in [0.1, 0.15) is 45.7 Å². The van der Waals surface area contributed by atoms with Crippen molar-refractivity contribution in [3.8, 4) is 0 Å². The first-order valence-corrected chi connectivity index (χ1v) is 7.15. The minimum absolute atomic E-state index is 0.447. The van der Waals surface area contributed by atoms with Crippen LogP contribution < -0.4 is 10.2 Å². The Hall–Kier alpha value is -1.02. The van der Waals surface area contributed by atoms with Crippen LogP contribution in [0.3, 0.4) is 0 Å². The van der Waals surface area contributed by atoms with Crippen LogP contribution in [-0.4, -0.2) is 20.1 Å². The van der Waals surface area contributed by atoms with Crippen LogP contribution in [-0.2, 0) is 0 Å². The fourth-order valence-corrected chi connectivity index (χ4v) is 2.49. The summed E-state index contributed by atoms with van der Waals surface area (Å²) in [5, 5.41) is 3.41. The number of benzene rings is 1. The number of hydrogen-bond acceptors (Lipinski definition) is 2. The van der Waals surface area contributed by atoms with Crippen LogP contribution in [0.25, 0.3) is 0 Å². The molecule has 2 heteroatoms. The summed E-state index contributed by atoms with van der Waals surface area (Å²) in [4.78, 5) is 2.49. The first kappa shape index (κ1) is 15.0. The van der Waals surface area contributed by atoms with Gasteiger partial charge >= 0.3 is 0 Å². The summed E-state index contributed by atoms with van der Waals surface area (Å²) in [6, 6.07) is 9.23. The van der Waals surface area contributed by atoms with Crippen molar-refractivity contribution in [2.45, 2.75) is 40.2 Å². The van der Waals surface area contributed by atoms with E-state index in [2.05, 4.69) is 62.2 Å². The third kappa shape index (κ3) is 3.74. The van der Waals surface area contributed by atoms with Crippen LogP contribution in [0.4, 0.5) is 5.69 Å². The van der Waals surface area contributed by atoms with E-state index >= 15 is 0 Å². The maximum Gasteiger partial charge on any atom is 0.0414 e. The van der Waals surface area contributed by atoms with Gasteiger partial charge in [-0.15, -0.1) is 0 Å². The van der Waals surface area contributed by atoms with Crippen LogP contribution in [0.2, 0.25) is 0 Å². The van der Waals surface area contributed by atoms with Gasteiger partial charge in [0.05, 0.1) is 0 Å². The van der Waals surface area contributed by atoms with Crippen molar-refractivity contribution in [1.82, 2.24) is 5.32 Å². The molecule has 0 fully saturated rings. The van der Waals surface area contributed by atoms with Crippen LogP contribution in [0.15, 0.2) is 24.3 Å². The van der Waals surface area contributed by atoms with E-state index in [1.165, 1.54) is 11.3 Å². The molecule has 1 aromatic carbocycles. The summed E-state index contributed by atoms with van der Waals surface area (Å²) in [5.74, 6) is 0.688. The molecule has 0 aliphatic carbocycles. The van der Waals surface area contributed by atoms with Crippen molar-refractivity contribution in [1.29, 1.82) is 0 Å². The molecule has 0 aliphatic heterocycles. The van der Waals surface area contributed by atoms with E-state index in [0.717, 1.165) is 19.5 Å². The zero-order valence-corrected chi connectivity index (χ0v) is 12.5. The molecule has 0 aromatic heterocycles. The Morgan fingerprint density at radius 3 is 2.33 bits per heavy atom. The molecule has 0 heterocycles. The summed E-state index contributed by atoms with van der Waals surface area (Å²) < 4.78 is 0. The topological polar surface area (TPSA) is 15.3 Å². The molecular formula is C16H28N2. The lowest BCUT2D eigenvalue weighted by molar-refractivity contribution is 0.568. The van der Waals surface area contributed by atoms with E-state index in [-0.39, 0.29) is 0 Å². The average Bonchev–Trinajstić information content (AvgIpc) is 2.38. The van der Waals surface area contributed by atoms with Crippen molar-refractivity contribution in [3.05, 3.63) is 29.8 Å². The Kier molecular flexibility index (Phi) is 6.20. The summed E-state index contributed by atoms with van der Waals surface area (Å²) in [6.45, 7) is 11.2. The molecule has 1 N–H and O–H groups in total. The van der Waals surface area contributed by atoms with Crippen molar-refractivity contribution >= 4 is 5.69 Å². The van der Waals surface area contributed by atoms with E-state index in [1.807, 2.05) is 7.05 Å². The number of rotatable bonds is 7. The second kappa shape index (κ2) is 7.42. The Morgan fingerprint density at radius 2 is 1.83 bits per heavy atom. The maximum atomic E-state index is 3.41. The van der Waals surface area contributed by atoms with Gasteiger partial charge in [0, 0.05) is 24.8 Å². The van der Waals surface area contributed by atoms with Crippen molar-refractivity contribution in [2.24, 2.45) is 5.92 Å². The van der Waals surface area contributed by atoms with Crippen LogP contribution in [0.5, 0.6) is 0 Å². The van der Waals surface area contributed by atoms with E-state index in [4.69, 9.17) is 0 Å². The van der Waals surface area contributed by atoms with Crippen LogP contribution >= 0.6 is 0 Å².